The molecule has 1 aliphatic rings. The molecule has 1 aliphatic heterocycles. The summed E-state index contributed by atoms with van der Waals surface area (Å²) in [6, 6.07) is 8.85. The Balaban J connectivity index is 2.21. The minimum atomic E-state index is 0.220. The van der Waals surface area contributed by atoms with E-state index >= 15 is 0 Å². The largest absolute Gasteiger partial charge is 0.491 e. The van der Waals surface area contributed by atoms with Crippen LogP contribution in [0.1, 0.15) is 44.7 Å². The molecule has 2 unspecified atom stereocenters. The molecule has 3 heteroatoms. The molecule has 0 amide bonds. The number of para-hydroxylation sites is 1. The van der Waals surface area contributed by atoms with Crippen LogP contribution in [0, 0.1) is 0 Å². The number of thioether (sulfide) groups is 1. The molecule has 0 bridgehead atoms. The van der Waals surface area contributed by atoms with Crippen LogP contribution in [0.2, 0.25) is 0 Å². The molecule has 1 fully saturated rings. The van der Waals surface area contributed by atoms with Crippen LogP contribution in [0.3, 0.4) is 0 Å². The quantitative estimate of drug-likeness (QED) is 0.879. The maximum Gasteiger partial charge on any atom is 0.124 e. The highest BCUT2D eigenvalue weighted by molar-refractivity contribution is 8.00. The van der Waals surface area contributed by atoms with E-state index in [9.17, 15) is 0 Å². The summed E-state index contributed by atoms with van der Waals surface area (Å²) in [5.74, 6) is 2.32. The van der Waals surface area contributed by atoms with Gasteiger partial charge in [-0.1, -0.05) is 24.6 Å². The maximum atomic E-state index is 5.97. The number of ether oxygens (including phenoxy) is 1. The smallest absolute Gasteiger partial charge is 0.124 e. The van der Waals surface area contributed by atoms with Gasteiger partial charge in [-0.2, -0.15) is 11.8 Å². The van der Waals surface area contributed by atoms with Crippen LogP contribution in [-0.4, -0.2) is 24.2 Å². The van der Waals surface area contributed by atoms with Gasteiger partial charge in [-0.15, -0.1) is 0 Å². The zero-order valence-electron chi connectivity index (χ0n) is 12.2. The second-order valence-corrected chi connectivity index (χ2v) is 6.72. The van der Waals surface area contributed by atoms with E-state index in [0.29, 0.717) is 11.3 Å². The van der Waals surface area contributed by atoms with Gasteiger partial charge < -0.3 is 10.1 Å². The highest BCUT2D eigenvalue weighted by Crippen LogP contribution is 2.37. The molecule has 1 aromatic rings. The third kappa shape index (κ3) is 3.90. The van der Waals surface area contributed by atoms with Crippen LogP contribution >= 0.6 is 11.8 Å². The number of hydrogen-bond donors (Lipinski definition) is 1. The third-order valence-corrected chi connectivity index (χ3v) is 4.97. The Bertz CT molecular complexity index is 388. The Labute approximate surface area is 121 Å². The Kier molecular flexibility index (Phi) is 5.59. The third-order valence-electron chi connectivity index (χ3n) is 3.51. The molecule has 2 nitrogen and oxygen atoms in total. The molecule has 2 atom stereocenters. The zero-order valence-corrected chi connectivity index (χ0v) is 13.0. The van der Waals surface area contributed by atoms with Crippen LogP contribution < -0.4 is 10.1 Å². The lowest BCUT2D eigenvalue weighted by Crippen LogP contribution is -2.30. The molecule has 19 heavy (non-hydrogen) atoms. The van der Waals surface area contributed by atoms with Crippen LogP contribution in [-0.2, 0) is 0 Å². The number of hydrogen-bond acceptors (Lipinski definition) is 3. The highest BCUT2D eigenvalue weighted by atomic mass is 32.2. The van der Waals surface area contributed by atoms with Gasteiger partial charge in [0, 0.05) is 16.9 Å². The van der Waals surface area contributed by atoms with Gasteiger partial charge in [0.2, 0.25) is 0 Å². The number of benzene rings is 1. The fourth-order valence-electron chi connectivity index (χ4n) is 2.67. The molecule has 1 heterocycles. The van der Waals surface area contributed by atoms with Crippen molar-refractivity contribution in [2.45, 2.75) is 50.5 Å². The normalized spacial score (nSPS) is 21.4. The van der Waals surface area contributed by atoms with E-state index in [0.717, 1.165) is 5.75 Å². The molecule has 0 saturated carbocycles. The molecular formula is C16H25NOS. The van der Waals surface area contributed by atoms with Crippen LogP contribution in [0.15, 0.2) is 24.3 Å². The summed E-state index contributed by atoms with van der Waals surface area (Å²) >= 11 is 2.10. The van der Waals surface area contributed by atoms with Crippen LogP contribution in [0.25, 0.3) is 0 Å². The standard InChI is InChI=1S/C16H25NOS/c1-12(2)18-14-9-5-4-8-13(14)16(17-3)15-10-6-7-11-19-15/h4-5,8-9,12,15-17H,6-7,10-11H2,1-3H3. The lowest BCUT2D eigenvalue weighted by atomic mass is 9.98. The summed E-state index contributed by atoms with van der Waals surface area (Å²) in [5.41, 5.74) is 1.30. The van der Waals surface area contributed by atoms with Crippen molar-refractivity contribution < 1.29 is 4.74 Å². The van der Waals surface area contributed by atoms with Crippen LogP contribution in [0.5, 0.6) is 5.75 Å². The van der Waals surface area contributed by atoms with Gasteiger partial charge in [-0.05, 0) is 45.6 Å². The first kappa shape index (κ1) is 14.7. The van der Waals surface area contributed by atoms with Gasteiger partial charge in [0.15, 0.2) is 0 Å². The Morgan fingerprint density at radius 2 is 2.05 bits per heavy atom. The molecule has 1 aromatic carbocycles. The van der Waals surface area contributed by atoms with Gasteiger partial charge in [0.25, 0.3) is 0 Å². The van der Waals surface area contributed by atoms with Crippen molar-refractivity contribution in [2.75, 3.05) is 12.8 Å². The van der Waals surface area contributed by atoms with E-state index in [1.165, 1.54) is 30.6 Å². The van der Waals surface area contributed by atoms with Crippen molar-refractivity contribution in [3.05, 3.63) is 29.8 Å². The molecule has 0 radical (unpaired) electrons. The first-order valence-corrected chi connectivity index (χ1v) is 8.31. The average Bonchev–Trinajstić information content (AvgIpc) is 2.42. The summed E-state index contributed by atoms with van der Waals surface area (Å²) in [4.78, 5) is 0. The average molecular weight is 279 g/mol. The topological polar surface area (TPSA) is 21.3 Å². The van der Waals surface area contributed by atoms with Gasteiger partial charge in [-0.3, -0.25) is 0 Å². The zero-order chi connectivity index (χ0) is 13.7. The Hall–Kier alpha value is -0.670. The Morgan fingerprint density at radius 1 is 1.26 bits per heavy atom. The fraction of sp³-hybridized carbons (Fsp3) is 0.625. The predicted molar refractivity (Wildman–Crippen MR) is 84.1 cm³/mol. The SMILES string of the molecule is CNC(c1ccccc1OC(C)C)C1CCCCS1. The minimum Gasteiger partial charge on any atom is -0.491 e. The van der Waals surface area contributed by atoms with Gasteiger partial charge in [0.1, 0.15) is 5.75 Å². The molecule has 106 valence electrons. The minimum absolute atomic E-state index is 0.220. The molecular weight excluding hydrogens is 254 g/mol. The Morgan fingerprint density at radius 3 is 2.68 bits per heavy atom. The molecule has 0 spiro atoms. The van der Waals surface area contributed by atoms with E-state index in [2.05, 4.69) is 62.2 Å². The number of rotatable bonds is 5. The second-order valence-electron chi connectivity index (χ2n) is 5.38. The van der Waals surface area contributed by atoms with E-state index < -0.39 is 0 Å². The molecule has 1 N–H and O–H groups in total. The van der Waals surface area contributed by atoms with Crippen LogP contribution in [0.4, 0.5) is 0 Å². The lowest BCUT2D eigenvalue weighted by Gasteiger charge is -2.31. The second kappa shape index (κ2) is 7.20. The van der Waals surface area contributed by atoms with E-state index in [1.807, 2.05) is 0 Å². The van der Waals surface area contributed by atoms with Crippen molar-refractivity contribution in [3.63, 3.8) is 0 Å². The summed E-state index contributed by atoms with van der Waals surface area (Å²) in [6.45, 7) is 4.17. The van der Waals surface area contributed by atoms with Crippen molar-refractivity contribution in [2.24, 2.45) is 0 Å². The first-order chi connectivity index (χ1) is 9.22. The van der Waals surface area contributed by atoms with Gasteiger partial charge in [-0.25, -0.2) is 0 Å². The van der Waals surface area contributed by atoms with Gasteiger partial charge >= 0.3 is 0 Å². The molecule has 1 saturated heterocycles. The summed E-state index contributed by atoms with van der Waals surface area (Å²) in [5, 5.41) is 4.16. The van der Waals surface area contributed by atoms with E-state index in [-0.39, 0.29) is 6.10 Å². The lowest BCUT2D eigenvalue weighted by molar-refractivity contribution is 0.237. The van der Waals surface area contributed by atoms with Crippen molar-refractivity contribution in [3.8, 4) is 5.75 Å². The van der Waals surface area contributed by atoms with E-state index in [4.69, 9.17) is 4.74 Å². The molecule has 0 aromatic heterocycles. The van der Waals surface area contributed by atoms with Crippen molar-refractivity contribution >= 4 is 11.8 Å². The van der Waals surface area contributed by atoms with Crippen molar-refractivity contribution in [1.82, 2.24) is 5.32 Å². The molecule has 0 aliphatic carbocycles. The monoisotopic (exact) mass is 279 g/mol. The predicted octanol–water partition coefficient (Wildman–Crippen LogP) is 4.02. The maximum absolute atomic E-state index is 5.97. The van der Waals surface area contributed by atoms with Gasteiger partial charge in [0.05, 0.1) is 6.10 Å². The number of nitrogens with one attached hydrogen (secondary N) is 1. The van der Waals surface area contributed by atoms with Crippen molar-refractivity contribution in [1.29, 1.82) is 0 Å². The molecule has 2 rings (SSSR count). The summed E-state index contributed by atoms with van der Waals surface area (Å²) in [6.07, 6.45) is 4.23. The van der Waals surface area contributed by atoms with E-state index in [1.54, 1.807) is 0 Å². The summed E-state index contributed by atoms with van der Waals surface area (Å²) in [7, 11) is 2.06. The summed E-state index contributed by atoms with van der Waals surface area (Å²) < 4.78 is 5.97. The fourth-order valence-corrected chi connectivity index (χ4v) is 4.15. The highest BCUT2D eigenvalue weighted by Gasteiger charge is 2.26. The first-order valence-electron chi connectivity index (χ1n) is 7.27.